The number of aromatic nitrogens is 7. The van der Waals surface area contributed by atoms with Crippen LogP contribution in [0.4, 0.5) is 5.95 Å². The highest BCUT2D eigenvalue weighted by Crippen LogP contribution is 2.28. The second-order valence-electron chi connectivity index (χ2n) is 5.83. The summed E-state index contributed by atoms with van der Waals surface area (Å²) < 4.78 is 1.78. The average Bonchev–Trinajstić information content (AvgIpc) is 3.32. The van der Waals surface area contributed by atoms with Crippen LogP contribution >= 0.6 is 0 Å². The van der Waals surface area contributed by atoms with E-state index >= 15 is 0 Å². The maximum atomic E-state index is 5.58. The van der Waals surface area contributed by atoms with Crippen LogP contribution in [0.15, 0.2) is 30.3 Å². The Morgan fingerprint density at radius 1 is 1.17 bits per heavy atom. The highest BCUT2D eigenvalue weighted by Gasteiger charge is 2.26. The van der Waals surface area contributed by atoms with Crippen molar-refractivity contribution in [1.82, 2.24) is 35.4 Å². The molecule has 1 aliphatic rings. The summed E-state index contributed by atoms with van der Waals surface area (Å²) >= 11 is 0. The van der Waals surface area contributed by atoms with Crippen molar-refractivity contribution in [3.8, 4) is 5.69 Å². The molecule has 0 saturated carbocycles. The van der Waals surface area contributed by atoms with Crippen molar-refractivity contribution >= 4 is 5.95 Å². The van der Waals surface area contributed by atoms with Gasteiger partial charge in [-0.05, 0) is 35.4 Å². The predicted molar refractivity (Wildman–Crippen MR) is 87.6 cm³/mol. The summed E-state index contributed by atoms with van der Waals surface area (Å²) in [6.07, 6.45) is 1.92. The number of para-hydroxylation sites is 1. The monoisotopic (exact) mass is 325 g/mol. The second kappa shape index (κ2) is 6.36. The molecule has 9 heteroatoms. The molecule has 0 amide bonds. The molecule has 4 rings (SSSR count). The van der Waals surface area contributed by atoms with E-state index in [4.69, 9.17) is 5.73 Å². The molecule has 1 aliphatic heterocycles. The predicted octanol–water partition coefficient (Wildman–Crippen LogP) is 0.623. The molecule has 0 aliphatic carbocycles. The van der Waals surface area contributed by atoms with Crippen LogP contribution in [-0.4, -0.2) is 48.5 Å². The van der Waals surface area contributed by atoms with Gasteiger partial charge in [0.2, 0.25) is 5.95 Å². The van der Waals surface area contributed by atoms with Gasteiger partial charge in [-0.1, -0.05) is 23.3 Å². The van der Waals surface area contributed by atoms with E-state index in [-0.39, 0.29) is 0 Å². The summed E-state index contributed by atoms with van der Waals surface area (Å²) in [5.74, 6) is 2.72. The van der Waals surface area contributed by atoms with E-state index in [1.807, 2.05) is 30.3 Å². The van der Waals surface area contributed by atoms with Crippen LogP contribution < -0.4 is 10.6 Å². The molecule has 0 unspecified atom stereocenters. The van der Waals surface area contributed by atoms with Crippen LogP contribution in [0.25, 0.3) is 5.69 Å². The minimum atomic E-state index is 0.346. The summed E-state index contributed by atoms with van der Waals surface area (Å²) in [4.78, 5) is 6.66. The third-order valence-electron chi connectivity index (χ3n) is 4.34. The van der Waals surface area contributed by atoms with Gasteiger partial charge in [0.25, 0.3) is 0 Å². The fraction of sp³-hybridized carbons (Fsp3) is 0.400. The van der Waals surface area contributed by atoms with Gasteiger partial charge >= 0.3 is 0 Å². The van der Waals surface area contributed by atoms with Crippen molar-refractivity contribution in [2.75, 3.05) is 18.0 Å². The highest BCUT2D eigenvalue weighted by molar-refractivity contribution is 5.40. The Morgan fingerprint density at radius 3 is 2.67 bits per heavy atom. The zero-order valence-corrected chi connectivity index (χ0v) is 13.2. The molecular weight excluding hydrogens is 306 g/mol. The third-order valence-corrected chi connectivity index (χ3v) is 4.34. The van der Waals surface area contributed by atoms with Crippen LogP contribution in [0.1, 0.15) is 30.4 Å². The maximum absolute atomic E-state index is 5.58. The number of tetrazole rings is 1. The molecule has 1 fully saturated rings. The van der Waals surface area contributed by atoms with E-state index in [1.165, 1.54) is 0 Å². The molecule has 0 atom stereocenters. The number of aromatic amines is 1. The van der Waals surface area contributed by atoms with Crippen molar-refractivity contribution in [3.05, 3.63) is 42.0 Å². The number of anilines is 1. The van der Waals surface area contributed by atoms with E-state index in [0.29, 0.717) is 12.5 Å². The Morgan fingerprint density at radius 2 is 1.96 bits per heavy atom. The molecule has 3 heterocycles. The first-order chi connectivity index (χ1) is 11.8. The van der Waals surface area contributed by atoms with Gasteiger partial charge in [0.1, 0.15) is 5.82 Å². The van der Waals surface area contributed by atoms with Gasteiger partial charge in [-0.15, -0.1) is 0 Å². The minimum absolute atomic E-state index is 0.346. The van der Waals surface area contributed by atoms with Gasteiger partial charge in [0.05, 0.1) is 12.2 Å². The van der Waals surface area contributed by atoms with Gasteiger partial charge in [-0.3, -0.25) is 5.10 Å². The normalized spacial score (nSPS) is 15.8. The van der Waals surface area contributed by atoms with Crippen molar-refractivity contribution in [3.63, 3.8) is 0 Å². The molecule has 0 spiro atoms. The van der Waals surface area contributed by atoms with Crippen LogP contribution in [0, 0.1) is 0 Å². The van der Waals surface area contributed by atoms with Gasteiger partial charge in [-0.25, -0.2) is 4.98 Å². The molecule has 3 N–H and O–H groups in total. The number of nitrogens with two attached hydrogens (primary N) is 1. The first kappa shape index (κ1) is 14.8. The summed E-state index contributed by atoms with van der Waals surface area (Å²) in [5, 5.41) is 19.3. The molecule has 9 nitrogen and oxygen atoms in total. The van der Waals surface area contributed by atoms with E-state index in [1.54, 1.807) is 4.68 Å². The Bertz CT molecular complexity index is 786. The number of hydrogen-bond donors (Lipinski definition) is 2. The Kier molecular flexibility index (Phi) is 3.91. The van der Waals surface area contributed by atoms with Gasteiger partial charge in [0.15, 0.2) is 5.82 Å². The number of rotatable bonds is 4. The lowest BCUT2D eigenvalue weighted by Gasteiger charge is -2.30. The molecule has 24 heavy (non-hydrogen) atoms. The summed E-state index contributed by atoms with van der Waals surface area (Å²) in [7, 11) is 0. The molecule has 0 radical (unpaired) electrons. The number of piperidine rings is 1. The topological polar surface area (TPSA) is 114 Å². The van der Waals surface area contributed by atoms with Crippen molar-refractivity contribution in [2.24, 2.45) is 5.73 Å². The summed E-state index contributed by atoms with van der Waals surface area (Å²) in [6.45, 7) is 2.12. The first-order valence-electron chi connectivity index (χ1n) is 8.05. The summed E-state index contributed by atoms with van der Waals surface area (Å²) in [6, 6.07) is 9.92. The lowest BCUT2D eigenvalue weighted by atomic mass is 9.96. The Labute approximate surface area is 138 Å². The lowest BCUT2D eigenvalue weighted by Crippen LogP contribution is -2.35. The van der Waals surface area contributed by atoms with Crippen LogP contribution in [0.2, 0.25) is 0 Å². The second-order valence-corrected chi connectivity index (χ2v) is 5.83. The zero-order valence-electron chi connectivity index (χ0n) is 13.2. The van der Waals surface area contributed by atoms with E-state index < -0.39 is 0 Å². The fourth-order valence-electron chi connectivity index (χ4n) is 3.04. The molecule has 1 saturated heterocycles. The quantitative estimate of drug-likeness (QED) is 0.722. The molecule has 3 aromatic rings. The first-order valence-corrected chi connectivity index (χ1v) is 8.05. The van der Waals surface area contributed by atoms with Crippen LogP contribution in [0.3, 0.4) is 0 Å². The Hall–Kier alpha value is -2.81. The molecular formula is C15H19N9. The number of nitrogens with one attached hydrogen (secondary N) is 1. The standard InChI is InChI=1S/C15H19N9/c16-10-13-17-14(19-18-13)11-6-8-23(9-7-11)15-20-21-22-24(15)12-4-2-1-3-5-12/h1-5,11H,6-10,16H2,(H,17,18,19). The smallest absolute Gasteiger partial charge is 0.250 e. The molecule has 124 valence electrons. The van der Waals surface area contributed by atoms with Crippen LogP contribution in [0.5, 0.6) is 0 Å². The van der Waals surface area contributed by atoms with Crippen LogP contribution in [-0.2, 0) is 6.54 Å². The Balaban J connectivity index is 1.48. The number of hydrogen-bond acceptors (Lipinski definition) is 7. The molecule has 0 bridgehead atoms. The third kappa shape index (κ3) is 2.73. The zero-order chi connectivity index (χ0) is 16.4. The number of benzene rings is 1. The van der Waals surface area contributed by atoms with Crippen molar-refractivity contribution < 1.29 is 0 Å². The fourth-order valence-corrected chi connectivity index (χ4v) is 3.04. The van der Waals surface area contributed by atoms with Gasteiger partial charge < -0.3 is 10.6 Å². The van der Waals surface area contributed by atoms with E-state index in [9.17, 15) is 0 Å². The highest BCUT2D eigenvalue weighted by atomic mass is 15.6. The average molecular weight is 325 g/mol. The minimum Gasteiger partial charge on any atom is -0.339 e. The maximum Gasteiger partial charge on any atom is 0.250 e. The van der Waals surface area contributed by atoms with E-state index in [0.717, 1.165) is 49.2 Å². The van der Waals surface area contributed by atoms with Crippen molar-refractivity contribution in [2.45, 2.75) is 25.3 Å². The number of nitrogens with zero attached hydrogens (tertiary/aromatic N) is 7. The number of H-pyrrole nitrogens is 1. The van der Waals surface area contributed by atoms with Gasteiger partial charge in [-0.2, -0.15) is 9.78 Å². The van der Waals surface area contributed by atoms with E-state index in [2.05, 4.69) is 35.6 Å². The SMILES string of the molecule is NCc1nc(C2CCN(c3nnnn3-c3ccccc3)CC2)n[nH]1. The lowest BCUT2D eigenvalue weighted by molar-refractivity contribution is 0.479. The summed E-state index contributed by atoms with van der Waals surface area (Å²) in [5.41, 5.74) is 6.54. The van der Waals surface area contributed by atoms with Gasteiger partial charge in [0, 0.05) is 19.0 Å². The molecule has 1 aromatic carbocycles. The largest absolute Gasteiger partial charge is 0.339 e. The molecule has 2 aromatic heterocycles. The van der Waals surface area contributed by atoms with Crippen molar-refractivity contribution in [1.29, 1.82) is 0 Å².